The largest absolute Gasteiger partial charge is 0.324 e. The molecule has 0 aliphatic heterocycles. The minimum absolute atomic E-state index is 0.115. The summed E-state index contributed by atoms with van der Waals surface area (Å²) in [6.45, 7) is 4.48. The number of pyridine rings is 1. The van der Waals surface area contributed by atoms with E-state index in [1.54, 1.807) is 0 Å². The molecule has 1 aromatic carbocycles. The molecule has 0 aliphatic carbocycles. The number of hydrogen-bond acceptors (Lipinski definition) is 2. The second kappa shape index (κ2) is 6.67. The first kappa shape index (κ1) is 14.0. The first-order valence-electron chi connectivity index (χ1n) is 7.37. The van der Waals surface area contributed by atoms with E-state index in [0.717, 1.165) is 11.9 Å². The van der Waals surface area contributed by atoms with Crippen molar-refractivity contribution in [2.45, 2.75) is 45.6 Å². The average Bonchev–Trinajstić information content (AvgIpc) is 2.47. The Morgan fingerprint density at radius 2 is 2.00 bits per heavy atom. The van der Waals surface area contributed by atoms with E-state index in [2.05, 4.69) is 43.1 Å². The predicted octanol–water partition coefficient (Wildman–Crippen LogP) is 4.45. The molecule has 2 aromatic rings. The van der Waals surface area contributed by atoms with E-state index in [1.807, 2.05) is 12.3 Å². The van der Waals surface area contributed by atoms with Crippen LogP contribution in [0.5, 0.6) is 0 Å². The Hall–Kier alpha value is -1.41. The van der Waals surface area contributed by atoms with Gasteiger partial charge >= 0.3 is 0 Å². The zero-order valence-corrected chi connectivity index (χ0v) is 12.0. The first-order chi connectivity index (χ1) is 9.27. The maximum Gasteiger partial charge on any atom is 0.0705 e. The number of hydrogen-bond donors (Lipinski definition) is 1. The van der Waals surface area contributed by atoms with Crippen LogP contribution in [0, 0.1) is 5.92 Å². The lowest BCUT2D eigenvalue weighted by atomic mass is 9.86. The minimum atomic E-state index is 0.115. The minimum Gasteiger partial charge on any atom is -0.324 e. The third-order valence-electron chi connectivity index (χ3n) is 4.00. The van der Waals surface area contributed by atoms with Crippen LogP contribution in [0.3, 0.4) is 0 Å². The highest BCUT2D eigenvalue weighted by molar-refractivity contribution is 5.82. The van der Waals surface area contributed by atoms with E-state index in [4.69, 9.17) is 5.73 Å². The van der Waals surface area contributed by atoms with Gasteiger partial charge in [0.05, 0.1) is 5.52 Å². The van der Waals surface area contributed by atoms with Crippen LogP contribution in [0.25, 0.3) is 10.9 Å². The van der Waals surface area contributed by atoms with Crippen LogP contribution < -0.4 is 5.73 Å². The van der Waals surface area contributed by atoms with Gasteiger partial charge < -0.3 is 5.73 Å². The standard InChI is InChI=1S/C17H24N2/c1-3-5-8-13(4-2)17(18)15-9-6-11-16-14(15)10-7-12-19-16/h6-7,9-13,17H,3-5,8,18H2,1-2H3. The van der Waals surface area contributed by atoms with Gasteiger partial charge in [0, 0.05) is 17.6 Å². The van der Waals surface area contributed by atoms with Crippen molar-refractivity contribution >= 4 is 10.9 Å². The Kier molecular flexibility index (Phi) is 4.92. The first-order valence-corrected chi connectivity index (χ1v) is 7.37. The Bertz CT molecular complexity index is 516. The van der Waals surface area contributed by atoms with Gasteiger partial charge in [-0.15, -0.1) is 0 Å². The SMILES string of the molecule is CCCCC(CC)C(N)c1cccc2ncccc12. The van der Waals surface area contributed by atoms with Crippen molar-refractivity contribution in [3.05, 3.63) is 42.1 Å². The molecule has 0 radical (unpaired) electrons. The molecule has 0 spiro atoms. The highest BCUT2D eigenvalue weighted by Gasteiger charge is 2.19. The molecule has 1 heterocycles. The number of rotatable bonds is 6. The summed E-state index contributed by atoms with van der Waals surface area (Å²) in [7, 11) is 0. The molecule has 0 bridgehead atoms. The number of aromatic nitrogens is 1. The molecule has 2 heteroatoms. The molecule has 0 amide bonds. The van der Waals surface area contributed by atoms with Gasteiger partial charge in [-0.3, -0.25) is 4.98 Å². The molecule has 1 aromatic heterocycles. The van der Waals surface area contributed by atoms with Gasteiger partial charge in [-0.1, -0.05) is 51.3 Å². The zero-order chi connectivity index (χ0) is 13.7. The third-order valence-corrected chi connectivity index (χ3v) is 4.00. The van der Waals surface area contributed by atoms with Gasteiger partial charge in [0.15, 0.2) is 0 Å². The van der Waals surface area contributed by atoms with E-state index in [9.17, 15) is 0 Å². The molecule has 2 unspecified atom stereocenters. The number of fused-ring (bicyclic) bond motifs is 1. The highest BCUT2D eigenvalue weighted by atomic mass is 14.7. The zero-order valence-electron chi connectivity index (χ0n) is 12.0. The van der Waals surface area contributed by atoms with E-state index >= 15 is 0 Å². The fourth-order valence-electron chi connectivity index (χ4n) is 2.78. The van der Waals surface area contributed by atoms with Crippen LogP contribution in [0.15, 0.2) is 36.5 Å². The topological polar surface area (TPSA) is 38.9 Å². The van der Waals surface area contributed by atoms with Crippen LogP contribution in [0.2, 0.25) is 0 Å². The van der Waals surface area contributed by atoms with Crippen LogP contribution in [-0.2, 0) is 0 Å². The Morgan fingerprint density at radius 3 is 2.74 bits per heavy atom. The lowest BCUT2D eigenvalue weighted by molar-refractivity contribution is 0.379. The number of nitrogens with two attached hydrogens (primary N) is 1. The molecule has 0 aliphatic rings. The molecule has 2 rings (SSSR count). The van der Waals surface area contributed by atoms with Crippen LogP contribution in [-0.4, -0.2) is 4.98 Å². The molecule has 0 saturated heterocycles. The lowest BCUT2D eigenvalue weighted by Gasteiger charge is -2.24. The molecule has 0 saturated carbocycles. The van der Waals surface area contributed by atoms with Gasteiger partial charge in [0.25, 0.3) is 0 Å². The Morgan fingerprint density at radius 1 is 1.16 bits per heavy atom. The van der Waals surface area contributed by atoms with Crippen molar-refractivity contribution in [1.29, 1.82) is 0 Å². The summed E-state index contributed by atoms with van der Waals surface area (Å²) >= 11 is 0. The highest BCUT2D eigenvalue weighted by Crippen LogP contribution is 2.30. The van der Waals surface area contributed by atoms with Crippen molar-refractivity contribution in [2.75, 3.05) is 0 Å². The summed E-state index contributed by atoms with van der Waals surface area (Å²) in [6.07, 6.45) is 6.68. The van der Waals surface area contributed by atoms with Gasteiger partial charge in [-0.05, 0) is 30.0 Å². The van der Waals surface area contributed by atoms with E-state index in [1.165, 1.54) is 30.2 Å². The maximum atomic E-state index is 6.53. The van der Waals surface area contributed by atoms with Crippen molar-refractivity contribution in [3.63, 3.8) is 0 Å². The normalized spacial score (nSPS) is 14.5. The summed E-state index contributed by atoms with van der Waals surface area (Å²) in [5, 5.41) is 1.20. The Balaban J connectivity index is 2.31. The molecule has 19 heavy (non-hydrogen) atoms. The van der Waals surface area contributed by atoms with Gasteiger partial charge in [-0.25, -0.2) is 0 Å². The van der Waals surface area contributed by atoms with E-state index in [-0.39, 0.29) is 6.04 Å². The van der Waals surface area contributed by atoms with Crippen molar-refractivity contribution < 1.29 is 0 Å². The molecule has 2 nitrogen and oxygen atoms in total. The second-order valence-corrected chi connectivity index (χ2v) is 5.25. The predicted molar refractivity (Wildman–Crippen MR) is 82.0 cm³/mol. The quantitative estimate of drug-likeness (QED) is 0.829. The van der Waals surface area contributed by atoms with Crippen LogP contribution >= 0.6 is 0 Å². The number of benzene rings is 1. The van der Waals surface area contributed by atoms with Crippen molar-refractivity contribution in [2.24, 2.45) is 11.7 Å². The molecule has 2 atom stereocenters. The Labute approximate surface area is 116 Å². The van der Waals surface area contributed by atoms with Crippen LogP contribution in [0.1, 0.15) is 51.1 Å². The second-order valence-electron chi connectivity index (χ2n) is 5.25. The third kappa shape index (κ3) is 3.13. The van der Waals surface area contributed by atoms with E-state index in [0.29, 0.717) is 5.92 Å². The van der Waals surface area contributed by atoms with Gasteiger partial charge in [0.1, 0.15) is 0 Å². The molecule has 0 fully saturated rings. The summed E-state index contributed by atoms with van der Waals surface area (Å²) in [6, 6.07) is 10.5. The molecular weight excluding hydrogens is 232 g/mol. The molecular formula is C17H24N2. The molecule has 2 N–H and O–H groups in total. The summed E-state index contributed by atoms with van der Waals surface area (Å²) in [5.74, 6) is 0.561. The fourth-order valence-corrected chi connectivity index (χ4v) is 2.78. The summed E-state index contributed by atoms with van der Waals surface area (Å²) < 4.78 is 0. The lowest BCUT2D eigenvalue weighted by Crippen LogP contribution is -2.21. The average molecular weight is 256 g/mol. The maximum absolute atomic E-state index is 6.53. The smallest absolute Gasteiger partial charge is 0.0705 e. The fraction of sp³-hybridized carbons (Fsp3) is 0.471. The monoisotopic (exact) mass is 256 g/mol. The van der Waals surface area contributed by atoms with Gasteiger partial charge in [-0.2, -0.15) is 0 Å². The van der Waals surface area contributed by atoms with E-state index < -0.39 is 0 Å². The summed E-state index contributed by atoms with van der Waals surface area (Å²) in [5.41, 5.74) is 8.82. The van der Waals surface area contributed by atoms with Crippen molar-refractivity contribution in [3.8, 4) is 0 Å². The van der Waals surface area contributed by atoms with Crippen molar-refractivity contribution in [1.82, 2.24) is 4.98 Å². The number of nitrogens with zero attached hydrogens (tertiary/aromatic N) is 1. The number of unbranched alkanes of at least 4 members (excludes halogenated alkanes) is 1. The summed E-state index contributed by atoms with van der Waals surface area (Å²) in [4.78, 5) is 4.42. The van der Waals surface area contributed by atoms with Gasteiger partial charge in [0.2, 0.25) is 0 Å². The van der Waals surface area contributed by atoms with Crippen LogP contribution in [0.4, 0.5) is 0 Å². The molecule has 102 valence electrons.